The summed E-state index contributed by atoms with van der Waals surface area (Å²) >= 11 is 3.37. The van der Waals surface area contributed by atoms with Gasteiger partial charge in [0.05, 0.1) is 12.3 Å². The summed E-state index contributed by atoms with van der Waals surface area (Å²) in [6.07, 6.45) is 3.85. The topological polar surface area (TPSA) is 37.5 Å². The predicted molar refractivity (Wildman–Crippen MR) is 53.6 cm³/mol. The van der Waals surface area contributed by atoms with Crippen LogP contribution in [0.15, 0.2) is 22.9 Å². The molecule has 68 valence electrons. The lowest BCUT2D eigenvalue weighted by molar-refractivity contribution is 0.282. The Labute approximate surface area is 84.2 Å². The molecule has 0 aliphatic heterocycles. The average molecular weight is 241 g/mol. The van der Waals surface area contributed by atoms with Crippen molar-refractivity contribution in [3.05, 3.63) is 34.2 Å². The summed E-state index contributed by atoms with van der Waals surface area (Å²) in [6.45, 7) is 1.93. The van der Waals surface area contributed by atoms with E-state index in [9.17, 15) is 0 Å². The minimum absolute atomic E-state index is 0.00137. The number of rotatable bonds is 1. The van der Waals surface area contributed by atoms with Gasteiger partial charge in [0.1, 0.15) is 5.65 Å². The van der Waals surface area contributed by atoms with Gasteiger partial charge in [0, 0.05) is 22.4 Å². The third-order valence-electron chi connectivity index (χ3n) is 1.95. The van der Waals surface area contributed by atoms with Gasteiger partial charge < -0.3 is 9.51 Å². The van der Waals surface area contributed by atoms with Gasteiger partial charge in [-0.05, 0) is 13.0 Å². The summed E-state index contributed by atoms with van der Waals surface area (Å²) in [5, 5.41) is 9.14. The lowest BCUT2D eigenvalue weighted by atomic mass is 10.3. The number of aryl methyl sites for hydroxylation is 1. The standard InChI is InChI=1S/C9H9BrN2O/c1-6-4-12-3-2-8(10)7(5-13)9(12)11-6/h2-4,13H,5H2,1H3. The first-order valence-electron chi connectivity index (χ1n) is 3.96. The van der Waals surface area contributed by atoms with E-state index in [-0.39, 0.29) is 6.61 Å². The second-order valence-corrected chi connectivity index (χ2v) is 3.77. The Bertz CT molecular complexity index is 450. The second kappa shape index (κ2) is 3.12. The van der Waals surface area contributed by atoms with Crippen molar-refractivity contribution >= 4 is 21.6 Å². The van der Waals surface area contributed by atoms with Crippen molar-refractivity contribution in [2.75, 3.05) is 0 Å². The SMILES string of the molecule is Cc1cn2ccc(Br)c(CO)c2n1. The highest BCUT2D eigenvalue weighted by atomic mass is 79.9. The molecule has 0 unspecified atom stereocenters. The molecule has 0 atom stereocenters. The van der Waals surface area contributed by atoms with Gasteiger partial charge >= 0.3 is 0 Å². The van der Waals surface area contributed by atoms with Crippen LogP contribution < -0.4 is 0 Å². The Hall–Kier alpha value is -0.870. The molecule has 4 heteroatoms. The zero-order valence-electron chi connectivity index (χ0n) is 7.16. The van der Waals surface area contributed by atoms with Crippen LogP contribution in [0.5, 0.6) is 0 Å². The van der Waals surface area contributed by atoms with Crippen LogP contribution in [0.25, 0.3) is 5.65 Å². The van der Waals surface area contributed by atoms with E-state index in [1.165, 1.54) is 0 Å². The fraction of sp³-hybridized carbons (Fsp3) is 0.222. The zero-order valence-corrected chi connectivity index (χ0v) is 8.74. The summed E-state index contributed by atoms with van der Waals surface area (Å²) in [5.74, 6) is 0. The third kappa shape index (κ3) is 1.36. The molecule has 13 heavy (non-hydrogen) atoms. The summed E-state index contributed by atoms with van der Waals surface area (Å²) in [5.41, 5.74) is 2.60. The van der Waals surface area contributed by atoms with Crippen LogP contribution in [0.3, 0.4) is 0 Å². The van der Waals surface area contributed by atoms with E-state index in [1.54, 1.807) is 0 Å². The molecule has 0 radical (unpaired) electrons. The Morgan fingerprint density at radius 3 is 3.08 bits per heavy atom. The molecule has 0 fully saturated rings. The molecule has 2 heterocycles. The van der Waals surface area contributed by atoms with Crippen LogP contribution in [0.1, 0.15) is 11.3 Å². The lowest BCUT2D eigenvalue weighted by Gasteiger charge is -2.01. The average Bonchev–Trinajstić information content (AvgIpc) is 2.45. The Morgan fingerprint density at radius 2 is 2.38 bits per heavy atom. The molecule has 2 rings (SSSR count). The summed E-state index contributed by atoms with van der Waals surface area (Å²) in [6, 6.07) is 1.90. The van der Waals surface area contributed by atoms with Crippen molar-refractivity contribution in [3.63, 3.8) is 0 Å². The van der Waals surface area contributed by atoms with Crippen LogP contribution in [0.4, 0.5) is 0 Å². The molecule has 0 saturated heterocycles. The van der Waals surface area contributed by atoms with E-state index >= 15 is 0 Å². The fourth-order valence-corrected chi connectivity index (χ4v) is 1.77. The number of pyridine rings is 1. The molecular formula is C9H9BrN2O. The molecular weight excluding hydrogens is 232 g/mol. The number of fused-ring (bicyclic) bond motifs is 1. The van der Waals surface area contributed by atoms with Crippen LogP contribution in [-0.4, -0.2) is 14.5 Å². The second-order valence-electron chi connectivity index (χ2n) is 2.91. The largest absolute Gasteiger partial charge is 0.391 e. The first-order chi connectivity index (χ1) is 6.22. The maximum Gasteiger partial charge on any atom is 0.143 e. The summed E-state index contributed by atoms with van der Waals surface area (Å²) in [4.78, 5) is 4.32. The molecule has 0 bridgehead atoms. The number of nitrogens with zero attached hydrogens (tertiary/aromatic N) is 2. The quantitative estimate of drug-likeness (QED) is 0.827. The number of aromatic nitrogens is 2. The van der Waals surface area contributed by atoms with Crippen molar-refractivity contribution in [2.24, 2.45) is 0 Å². The third-order valence-corrected chi connectivity index (χ3v) is 2.69. The lowest BCUT2D eigenvalue weighted by Crippen LogP contribution is -1.92. The van der Waals surface area contributed by atoms with E-state index in [0.29, 0.717) is 0 Å². The molecule has 2 aromatic rings. The summed E-state index contributed by atoms with van der Waals surface area (Å²) < 4.78 is 2.80. The number of hydrogen-bond acceptors (Lipinski definition) is 2. The van der Waals surface area contributed by atoms with Crippen molar-refractivity contribution < 1.29 is 5.11 Å². The van der Waals surface area contributed by atoms with Gasteiger partial charge in [-0.2, -0.15) is 0 Å². The number of aliphatic hydroxyl groups excluding tert-OH is 1. The minimum Gasteiger partial charge on any atom is -0.391 e. The van der Waals surface area contributed by atoms with Gasteiger partial charge in [0.2, 0.25) is 0 Å². The highest BCUT2D eigenvalue weighted by molar-refractivity contribution is 9.10. The summed E-state index contributed by atoms with van der Waals surface area (Å²) in [7, 11) is 0. The molecule has 0 spiro atoms. The van der Waals surface area contributed by atoms with Crippen molar-refractivity contribution in [1.29, 1.82) is 0 Å². The van der Waals surface area contributed by atoms with Gasteiger partial charge in [-0.15, -0.1) is 0 Å². The Kier molecular flexibility index (Phi) is 2.09. The number of imidazole rings is 1. The first-order valence-corrected chi connectivity index (χ1v) is 4.75. The van der Waals surface area contributed by atoms with E-state index in [4.69, 9.17) is 5.11 Å². The van der Waals surface area contributed by atoms with Crippen molar-refractivity contribution in [2.45, 2.75) is 13.5 Å². The van der Waals surface area contributed by atoms with Crippen LogP contribution in [0.2, 0.25) is 0 Å². The highest BCUT2D eigenvalue weighted by Crippen LogP contribution is 2.21. The predicted octanol–water partition coefficient (Wildman–Crippen LogP) is 1.90. The molecule has 2 aromatic heterocycles. The van der Waals surface area contributed by atoms with E-state index < -0.39 is 0 Å². The van der Waals surface area contributed by atoms with Gasteiger partial charge in [0.15, 0.2) is 0 Å². The molecule has 0 aliphatic rings. The van der Waals surface area contributed by atoms with Gasteiger partial charge in [-0.25, -0.2) is 4.98 Å². The monoisotopic (exact) mass is 240 g/mol. The van der Waals surface area contributed by atoms with E-state index in [1.807, 2.05) is 29.8 Å². The zero-order chi connectivity index (χ0) is 9.42. The minimum atomic E-state index is 0.00137. The van der Waals surface area contributed by atoms with Crippen molar-refractivity contribution in [1.82, 2.24) is 9.38 Å². The van der Waals surface area contributed by atoms with E-state index in [2.05, 4.69) is 20.9 Å². The molecule has 1 N–H and O–H groups in total. The van der Waals surface area contributed by atoms with Gasteiger partial charge in [-0.1, -0.05) is 15.9 Å². The van der Waals surface area contributed by atoms with Gasteiger partial charge in [0.25, 0.3) is 0 Å². The fourth-order valence-electron chi connectivity index (χ4n) is 1.35. The van der Waals surface area contributed by atoms with Gasteiger partial charge in [-0.3, -0.25) is 0 Å². The van der Waals surface area contributed by atoms with Crippen LogP contribution >= 0.6 is 15.9 Å². The smallest absolute Gasteiger partial charge is 0.143 e. The molecule has 0 saturated carbocycles. The first kappa shape index (κ1) is 8.72. The van der Waals surface area contributed by atoms with Crippen molar-refractivity contribution in [3.8, 4) is 0 Å². The molecule has 0 amide bonds. The molecule has 0 aromatic carbocycles. The number of aliphatic hydroxyl groups is 1. The number of halogens is 1. The van der Waals surface area contributed by atoms with Crippen LogP contribution in [-0.2, 0) is 6.61 Å². The number of hydrogen-bond donors (Lipinski definition) is 1. The maximum atomic E-state index is 9.14. The molecule has 0 aliphatic carbocycles. The maximum absolute atomic E-state index is 9.14. The van der Waals surface area contributed by atoms with E-state index in [0.717, 1.165) is 21.4 Å². The Morgan fingerprint density at radius 1 is 1.62 bits per heavy atom. The Balaban J connectivity index is 2.82. The highest BCUT2D eigenvalue weighted by Gasteiger charge is 2.06. The normalized spacial score (nSPS) is 11.0. The molecule has 3 nitrogen and oxygen atoms in total. The van der Waals surface area contributed by atoms with Crippen LogP contribution in [0, 0.1) is 6.92 Å².